The zero-order valence-electron chi connectivity index (χ0n) is 19.0. The molecule has 1 aromatic carbocycles. The van der Waals surface area contributed by atoms with Gasteiger partial charge in [-0.2, -0.15) is 0 Å². The summed E-state index contributed by atoms with van der Waals surface area (Å²) in [4.78, 5) is 29.0. The number of rotatable bonds is 5. The summed E-state index contributed by atoms with van der Waals surface area (Å²) in [6.07, 6.45) is 5.45. The number of nitrogen functional groups attached to an aromatic ring is 1. The van der Waals surface area contributed by atoms with E-state index in [0.29, 0.717) is 30.1 Å². The van der Waals surface area contributed by atoms with Crippen molar-refractivity contribution in [3.63, 3.8) is 0 Å². The average Bonchev–Trinajstić information content (AvgIpc) is 3.46. The first-order valence-electron chi connectivity index (χ1n) is 11.1. The molecule has 9 heteroatoms. The summed E-state index contributed by atoms with van der Waals surface area (Å²) >= 11 is 0. The number of aromatic nitrogens is 4. The van der Waals surface area contributed by atoms with Gasteiger partial charge in [-0.25, -0.2) is 19.3 Å². The monoisotopic (exact) mass is 460 g/mol. The number of nitrogens with zero attached hydrogens (tertiary/aromatic N) is 5. The van der Waals surface area contributed by atoms with Crippen LogP contribution in [-0.2, 0) is 4.74 Å². The largest absolute Gasteiger partial charge is 0.383 e. The molecule has 4 heterocycles. The fourth-order valence-electron chi connectivity index (χ4n) is 4.46. The van der Waals surface area contributed by atoms with E-state index >= 15 is 0 Å². The SMILES string of the molecule is COC[C@H]1CCCN1C(=O)c1nc(-c2ccc3ncc(C)n3c2)c(-c2ccc(F)cc2)nc1N. The van der Waals surface area contributed by atoms with Crippen molar-refractivity contribution in [2.45, 2.75) is 25.8 Å². The lowest BCUT2D eigenvalue weighted by atomic mass is 10.0. The molecule has 3 aromatic heterocycles. The maximum atomic E-state index is 13.6. The number of nitrogens with two attached hydrogens (primary N) is 1. The Morgan fingerprint density at radius 3 is 2.65 bits per heavy atom. The summed E-state index contributed by atoms with van der Waals surface area (Å²) in [5.41, 5.74) is 10.5. The van der Waals surface area contributed by atoms with Crippen LogP contribution >= 0.6 is 0 Å². The fourth-order valence-corrected chi connectivity index (χ4v) is 4.46. The van der Waals surface area contributed by atoms with Gasteiger partial charge in [-0.1, -0.05) is 0 Å². The molecule has 0 aliphatic carbocycles. The highest BCUT2D eigenvalue weighted by Crippen LogP contribution is 2.32. The van der Waals surface area contributed by atoms with Gasteiger partial charge in [0.25, 0.3) is 5.91 Å². The third-order valence-electron chi connectivity index (χ3n) is 6.20. The van der Waals surface area contributed by atoms with Crippen LogP contribution in [0.15, 0.2) is 48.8 Å². The average molecular weight is 461 g/mol. The van der Waals surface area contributed by atoms with Gasteiger partial charge in [0.2, 0.25) is 0 Å². The second kappa shape index (κ2) is 8.83. The highest BCUT2D eigenvalue weighted by Gasteiger charge is 2.32. The van der Waals surface area contributed by atoms with Crippen LogP contribution in [0.3, 0.4) is 0 Å². The van der Waals surface area contributed by atoms with Crippen LogP contribution in [0.4, 0.5) is 10.2 Å². The Labute approximate surface area is 196 Å². The zero-order valence-corrected chi connectivity index (χ0v) is 19.0. The van der Waals surface area contributed by atoms with Gasteiger partial charge < -0.3 is 19.8 Å². The van der Waals surface area contributed by atoms with Gasteiger partial charge in [-0.05, 0) is 56.2 Å². The topological polar surface area (TPSA) is 98.6 Å². The van der Waals surface area contributed by atoms with Crippen molar-refractivity contribution in [2.24, 2.45) is 0 Å². The van der Waals surface area contributed by atoms with E-state index < -0.39 is 0 Å². The Morgan fingerprint density at radius 2 is 1.88 bits per heavy atom. The summed E-state index contributed by atoms with van der Waals surface area (Å²) < 4.78 is 20.8. The van der Waals surface area contributed by atoms with E-state index in [9.17, 15) is 9.18 Å². The van der Waals surface area contributed by atoms with Crippen LogP contribution in [0.5, 0.6) is 0 Å². The molecule has 1 amide bonds. The van der Waals surface area contributed by atoms with Gasteiger partial charge in [0.05, 0.1) is 24.0 Å². The first-order valence-corrected chi connectivity index (χ1v) is 11.1. The minimum Gasteiger partial charge on any atom is -0.383 e. The predicted octanol–water partition coefficient (Wildman–Crippen LogP) is 3.74. The standard InChI is InChI=1S/C25H25FN6O2/c1-15-12-28-20-10-7-17(13-32(15)20)22-21(16-5-8-18(26)9-6-16)30-24(27)23(29-22)25(33)31-11-3-4-19(31)14-34-2/h5-10,12-13,19H,3-4,11,14H2,1-2H3,(H2,27,30)/t19-/m1/s1. The van der Waals surface area contributed by atoms with Crippen LogP contribution in [-0.4, -0.2) is 56.5 Å². The minimum absolute atomic E-state index is 0.0242. The van der Waals surface area contributed by atoms with Gasteiger partial charge in [0, 0.05) is 42.9 Å². The van der Waals surface area contributed by atoms with Crippen LogP contribution in [0.2, 0.25) is 0 Å². The summed E-state index contributed by atoms with van der Waals surface area (Å²) in [6, 6.07) is 9.71. The lowest BCUT2D eigenvalue weighted by Crippen LogP contribution is -2.39. The number of benzene rings is 1. The molecule has 8 nitrogen and oxygen atoms in total. The van der Waals surface area contributed by atoms with Gasteiger partial charge in [-0.3, -0.25) is 4.79 Å². The van der Waals surface area contributed by atoms with Crippen LogP contribution < -0.4 is 5.73 Å². The molecule has 0 spiro atoms. The number of methoxy groups -OCH3 is 1. The number of fused-ring (bicyclic) bond motifs is 1. The molecule has 0 unspecified atom stereocenters. The predicted molar refractivity (Wildman–Crippen MR) is 127 cm³/mol. The van der Waals surface area contributed by atoms with E-state index in [4.69, 9.17) is 15.5 Å². The number of likely N-dealkylation sites (tertiary alicyclic amines) is 1. The molecule has 2 N–H and O–H groups in total. The molecule has 0 saturated carbocycles. The molecule has 5 rings (SSSR count). The molecule has 1 atom stereocenters. The smallest absolute Gasteiger partial charge is 0.276 e. The minimum atomic E-state index is -0.355. The molecule has 1 aliphatic rings. The number of carbonyl (C=O) groups is 1. The summed E-state index contributed by atoms with van der Waals surface area (Å²) in [5.74, 6) is -0.584. The van der Waals surface area contributed by atoms with Gasteiger partial charge in [0.15, 0.2) is 11.5 Å². The van der Waals surface area contributed by atoms with Gasteiger partial charge >= 0.3 is 0 Å². The molecule has 0 radical (unpaired) electrons. The normalized spacial score (nSPS) is 15.9. The molecular weight excluding hydrogens is 435 g/mol. The van der Waals surface area contributed by atoms with Gasteiger partial charge in [0.1, 0.15) is 11.5 Å². The van der Waals surface area contributed by atoms with Crippen LogP contribution in [0.1, 0.15) is 29.0 Å². The molecule has 1 saturated heterocycles. The number of ether oxygens (including phenoxy) is 1. The van der Waals surface area contributed by atoms with Gasteiger partial charge in [-0.15, -0.1) is 0 Å². The number of pyridine rings is 1. The van der Waals surface area contributed by atoms with E-state index in [1.165, 1.54) is 12.1 Å². The second-order valence-corrected chi connectivity index (χ2v) is 8.46. The number of carbonyl (C=O) groups excluding carboxylic acids is 1. The van der Waals surface area contributed by atoms with Crippen molar-refractivity contribution in [1.82, 2.24) is 24.3 Å². The molecule has 4 aromatic rings. The molecule has 34 heavy (non-hydrogen) atoms. The molecule has 1 aliphatic heterocycles. The highest BCUT2D eigenvalue weighted by molar-refractivity contribution is 5.98. The number of imidazole rings is 1. The molecule has 0 bridgehead atoms. The zero-order chi connectivity index (χ0) is 23.8. The lowest BCUT2D eigenvalue weighted by molar-refractivity contribution is 0.0626. The molecular formula is C25H25FN6O2. The quantitative estimate of drug-likeness (QED) is 0.487. The number of hydrogen-bond donors (Lipinski definition) is 1. The summed E-state index contributed by atoms with van der Waals surface area (Å²) in [7, 11) is 1.62. The highest BCUT2D eigenvalue weighted by atomic mass is 19.1. The van der Waals surface area contributed by atoms with Crippen molar-refractivity contribution in [3.8, 4) is 22.5 Å². The Hall–Kier alpha value is -3.85. The number of halogens is 1. The van der Waals surface area contributed by atoms with Crippen molar-refractivity contribution in [3.05, 3.63) is 66.0 Å². The Kier molecular flexibility index (Phi) is 5.70. The van der Waals surface area contributed by atoms with Crippen molar-refractivity contribution < 1.29 is 13.9 Å². The first kappa shape index (κ1) is 22.0. The van der Waals surface area contributed by atoms with Crippen molar-refractivity contribution in [2.75, 3.05) is 26.0 Å². The van der Waals surface area contributed by atoms with Crippen molar-refractivity contribution >= 4 is 17.4 Å². The van der Waals surface area contributed by atoms with E-state index in [2.05, 4.69) is 9.97 Å². The lowest BCUT2D eigenvalue weighted by Gasteiger charge is -2.24. The van der Waals surface area contributed by atoms with Crippen LogP contribution in [0.25, 0.3) is 28.2 Å². The Morgan fingerprint density at radius 1 is 1.15 bits per heavy atom. The summed E-state index contributed by atoms with van der Waals surface area (Å²) in [5, 5.41) is 0. The maximum absolute atomic E-state index is 13.6. The Balaban J connectivity index is 1.67. The number of anilines is 1. The maximum Gasteiger partial charge on any atom is 0.276 e. The van der Waals surface area contributed by atoms with Crippen LogP contribution in [0, 0.1) is 12.7 Å². The fraction of sp³-hybridized carbons (Fsp3) is 0.280. The molecule has 1 fully saturated rings. The third kappa shape index (κ3) is 3.88. The molecule has 174 valence electrons. The van der Waals surface area contributed by atoms with E-state index in [-0.39, 0.29) is 29.3 Å². The number of amides is 1. The Bertz CT molecular complexity index is 1370. The van der Waals surface area contributed by atoms with E-state index in [1.807, 2.05) is 29.7 Å². The first-order chi connectivity index (χ1) is 16.5. The van der Waals surface area contributed by atoms with E-state index in [0.717, 1.165) is 29.7 Å². The summed E-state index contributed by atoms with van der Waals surface area (Å²) in [6.45, 7) is 3.02. The number of aryl methyl sites for hydroxylation is 1. The second-order valence-electron chi connectivity index (χ2n) is 8.46. The third-order valence-corrected chi connectivity index (χ3v) is 6.20. The number of hydrogen-bond acceptors (Lipinski definition) is 6. The van der Waals surface area contributed by atoms with E-state index in [1.54, 1.807) is 30.3 Å². The van der Waals surface area contributed by atoms with Crippen molar-refractivity contribution in [1.29, 1.82) is 0 Å².